The van der Waals surface area contributed by atoms with Crippen LogP contribution in [0.2, 0.25) is 0 Å². The van der Waals surface area contributed by atoms with Crippen LogP contribution in [0.5, 0.6) is 5.75 Å². The van der Waals surface area contributed by atoms with Crippen molar-refractivity contribution in [1.82, 2.24) is 0 Å². The van der Waals surface area contributed by atoms with Crippen LogP contribution >= 0.6 is 0 Å². The van der Waals surface area contributed by atoms with Gasteiger partial charge in [0.15, 0.2) is 0 Å². The largest absolute Gasteiger partial charge is 0.457 e. The average Bonchev–Trinajstić information content (AvgIpc) is 2.60. The van der Waals surface area contributed by atoms with Crippen molar-refractivity contribution in [1.29, 1.82) is 0 Å². The molecule has 5 heteroatoms. The van der Waals surface area contributed by atoms with Crippen molar-refractivity contribution >= 4 is 5.97 Å². The van der Waals surface area contributed by atoms with E-state index in [4.69, 9.17) is 9.47 Å². The Morgan fingerprint density at radius 2 is 1.74 bits per heavy atom. The molecular weight excluding hydrogens is 342 g/mol. The molecule has 0 radical (unpaired) electrons. The standard InChI is InChI=1S/C22H35NO4/c1-21(2,3)20(24)27-16-26-18-11-9-17(10-12-18)19(15-23(4)5)22(25)13-7-6-8-14-22/h9-12,19,25H,6-8,13-16H2,1-5H3/p+1. The molecule has 1 unspecified atom stereocenters. The number of benzene rings is 1. The van der Waals surface area contributed by atoms with E-state index in [-0.39, 0.29) is 18.7 Å². The lowest BCUT2D eigenvalue weighted by Gasteiger charge is -2.39. The molecule has 27 heavy (non-hydrogen) atoms. The smallest absolute Gasteiger partial charge is 0.314 e. The summed E-state index contributed by atoms with van der Waals surface area (Å²) in [5, 5.41) is 11.3. The van der Waals surface area contributed by atoms with Crippen LogP contribution in [0.4, 0.5) is 0 Å². The van der Waals surface area contributed by atoms with Gasteiger partial charge in [-0.1, -0.05) is 31.4 Å². The predicted octanol–water partition coefficient (Wildman–Crippen LogP) is 2.54. The molecule has 0 bridgehead atoms. The average molecular weight is 379 g/mol. The van der Waals surface area contributed by atoms with E-state index in [1.165, 1.54) is 11.3 Å². The molecule has 0 spiro atoms. The summed E-state index contributed by atoms with van der Waals surface area (Å²) in [6.07, 6.45) is 5.13. The molecule has 0 aromatic heterocycles. The lowest BCUT2D eigenvalue weighted by Crippen LogP contribution is -3.06. The van der Waals surface area contributed by atoms with Crippen LogP contribution in [0.25, 0.3) is 0 Å². The second-order valence-corrected chi connectivity index (χ2v) is 9.14. The Kier molecular flexibility index (Phi) is 7.29. The molecule has 152 valence electrons. The zero-order chi connectivity index (χ0) is 20.1. The summed E-state index contributed by atoms with van der Waals surface area (Å²) in [5.41, 5.74) is -0.0236. The lowest BCUT2D eigenvalue weighted by molar-refractivity contribution is -0.860. The molecule has 1 aliphatic carbocycles. The number of rotatable bonds is 7. The van der Waals surface area contributed by atoms with Crippen LogP contribution in [-0.4, -0.2) is 44.1 Å². The van der Waals surface area contributed by atoms with Crippen LogP contribution in [-0.2, 0) is 9.53 Å². The van der Waals surface area contributed by atoms with Gasteiger partial charge in [0, 0.05) is 0 Å². The molecule has 1 atom stereocenters. The van der Waals surface area contributed by atoms with E-state index in [1.54, 1.807) is 0 Å². The summed E-state index contributed by atoms with van der Waals surface area (Å²) in [4.78, 5) is 13.1. The first kappa shape index (κ1) is 21.7. The zero-order valence-electron chi connectivity index (χ0n) is 17.5. The van der Waals surface area contributed by atoms with Crippen LogP contribution in [0.15, 0.2) is 24.3 Å². The monoisotopic (exact) mass is 378 g/mol. The maximum absolute atomic E-state index is 11.8. The number of nitrogens with one attached hydrogen (secondary N) is 1. The SMILES string of the molecule is C[NH+](C)CC(c1ccc(OCOC(=O)C(C)(C)C)cc1)C1(O)CCCCC1. The maximum atomic E-state index is 11.8. The molecule has 0 heterocycles. The van der Waals surface area contributed by atoms with Gasteiger partial charge in [0.05, 0.1) is 37.6 Å². The molecule has 1 aromatic carbocycles. The van der Waals surface area contributed by atoms with Crippen LogP contribution < -0.4 is 9.64 Å². The normalized spacial score (nSPS) is 18.2. The van der Waals surface area contributed by atoms with Gasteiger partial charge in [-0.25, -0.2) is 0 Å². The van der Waals surface area contributed by atoms with Crippen LogP contribution in [0, 0.1) is 5.41 Å². The van der Waals surface area contributed by atoms with E-state index in [0.29, 0.717) is 5.75 Å². The summed E-state index contributed by atoms with van der Waals surface area (Å²) in [7, 11) is 4.25. The van der Waals surface area contributed by atoms with Crippen LogP contribution in [0.1, 0.15) is 64.4 Å². The van der Waals surface area contributed by atoms with E-state index in [1.807, 2.05) is 45.0 Å². The van der Waals surface area contributed by atoms with Gasteiger partial charge in [-0.3, -0.25) is 4.79 Å². The Balaban J connectivity index is 2.03. The minimum atomic E-state index is -0.625. The number of hydrogen-bond acceptors (Lipinski definition) is 4. The predicted molar refractivity (Wildman–Crippen MR) is 106 cm³/mol. The fourth-order valence-electron chi connectivity index (χ4n) is 3.70. The van der Waals surface area contributed by atoms with E-state index in [2.05, 4.69) is 14.1 Å². The molecule has 2 rings (SSSR count). The van der Waals surface area contributed by atoms with Gasteiger partial charge >= 0.3 is 5.97 Å². The molecule has 5 nitrogen and oxygen atoms in total. The second kappa shape index (κ2) is 9.07. The number of quaternary nitrogens is 1. The molecule has 2 N–H and O–H groups in total. The first-order valence-electron chi connectivity index (χ1n) is 10.0. The Hall–Kier alpha value is -1.59. The van der Waals surface area contributed by atoms with Gasteiger partial charge in [-0.15, -0.1) is 0 Å². The third-order valence-corrected chi connectivity index (χ3v) is 5.29. The first-order valence-corrected chi connectivity index (χ1v) is 10.0. The van der Waals surface area contributed by atoms with Crippen molar-refractivity contribution in [2.45, 2.75) is 64.4 Å². The van der Waals surface area contributed by atoms with E-state index >= 15 is 0 Å². The summed E-state index contributed by atoms with van der Waals surface area (Å²) >= 11 is 0. The summed E-state index contributed by atoms with van der Waals surface area (Å²) < 4.78 is 10.7. The van der Waals surface area contributed by atoms with Gasteiger partial charge in [-0.2, -0.15) is 0 Å². The molecule has 0 amide bonds. The van der Waals surface area contributed by atoms with E-state index in [0.717, 1.165) is 37.8 Å². The molecule has 1 saturated carbocycles. The minimum absolute atomic E-state index is 0.0926. The summed E-state index contributed by atoms with van der Waals surface area (Å²) in [6.45, 7) is 6.23. The molecule has 1 fully saturated rings. The number of aliphatic hydroxyl groups is 1. The van der Waals surface area contributed by atoms with Crippen molar-refractivity contribution in [2.75, 3.05) is 27.4 Å². The second-order valence-electron chi connectivity index (χ2n) is 9.14. The number of likely N-dealkylation sites (N-methyl/N-ethyl adjacent to an activating group) is 1. The Morgan fingerprint density at radius 1 is 1.15 bits per heavy atom. The Labute approximate surface area is 163 Å². The number of esters is 1. The highest BCUT2D eigenvalue weighted by Crippen LogP contribution is 2.39. The van der Waals surface area contributed by atoms with E-state index in [9.17, 15) is 9.90 Å². The van der Waals surface area contributed by atoms with Crippen molar-refractivity contribution in [3.05, 3.63) is 29.8 Å². The highest BCUT2D eigenvalue weighted by atomic mass is 16.7. The number of ether oxygens (including phenoxy) is 2. The third-order valence-electron chi connectivity index (χ3n) is 5.29. The van der Waals surface area contributed by atoms with Crippen molar-refractivity contribution in [2.24, 2.45) is 5.41 Å². The Morgan fingerprint density at radius 3 is 2.26 bits per heavy atom. The van der Waals surface area contributed by atoms with Gasteiger partial charge in [0.1, 0.15) is 5.75 Å². The number of carbonyl (C=O) groups excluding carboxylic acids is 1. The van der Waals surface area contributed by atoms with Gasteiger partial charge in [0.2, 0.25) is 6.79 Å². The third kappa shape index (κ3) is 6.22. The van der Waals surface area contributed by atoms with Gasteiger partial charge < -0.3 is 19.5 Å². The fraction of sp³-hybridized carbons (Fsp3) is 0.682. The molecule has 0 aliphatic heterocycles. The first-order chi connectivity index (χ1) is 12.6. The topological polar surface area (TPSA) is 60.2 Å². The zero-order valence-corrected chi connectivity index (χ0v) is 17.5. The molecule has 1 aromatic rings. The summed E-state index contributed by atoms with van der Waals surface area (Å²) in [6, 6.07) is 7.84. The minimum Gasteiger partial charge on any atom is -0.457 e. The fourth-order valence-corrected chi connectivity index (χ4v) is 3.70. The van der Waals surface area contributed by atoms with Crippen molar-refractivity contribution in [3.63, 3.8) is 0 Å². The van der Waals surface area contributed by atoms with Crippen LogP contribution in [0.3, 0.4) is 0 Å². The quantitative estimate of drug-likeness (QED) is 0.565. The van der Waals surface area contributed by atoms with Crippen molar-refractivity contribution < 1.29 is 24.3 Å². The van der Waals surface area contributed by atoms with Gasteiger partial charge in [-0.05, 0) is 51.3 Å². The van der Waals surface area contributed by atoms with E-state index < -0.39 is 11.0 Å². The number of hydrogen-bond donors (Lipinski definition) is 2. The molecule has 0 saturated heterocycles. The van der Waals surface area contributed by atoms with Gasteiger partial charge in [0.25, 0.3) is 0 Å². The number of carbonyl (C=O) groups is 1. The van der Waals surface area contributed by atoms with Crippen molar-refractivity contribution in [3.8, 4) is 5.75 Å². The summed E-state index contributed by atoms with van der Waals surface area (Å²) in [5.74, 6) is 0.482. The maximum Gasteiger partial charge on any atom is 0.314 e. The lowest BCUT2D eigenvalue weighted by atomic mass is 9.72. The highest BCUT2D eigenvalue weighted by Gasteiger charge is 2.40. The Bertz CT molecular complexity index is 598. The highest BCUT2D eigenvalue weighted by molar-refractivity contribution is 5.75. The molecular formula is C22H36NO4+. The molecule has 1 aliphatic rings.